The molecular formula is C26H28F2O4V. The summed E-state index contributed by atoms with van der Waals surface area (Å²) in [6.07, 6.45) is 2.39. The van der Waals surface area contributed by atoms with E-state index in [0.717, 1.165) is 12.2 Å². The molecule has 0 aliphatic heterocycles. The zero-order valence-corrected chi connectivity index (χ0v) is 20.7. The van der Waals surface area contributed by atoms with Gasteiger partial charge < -0.3 is 9.47 Å². The van der Waals surface area contributed by atoms with Gasteiger partial charge in [-0.25, -0.2) is 18.4 Å². The van der Waals surface area contributed by atoms with Gasteiger partial charge in [-0.15, -0.1) is 0 Å². The first-order valence-corrected chi connectivity index (χ1v) is 10.4. The van der Waals surface area contributed by atoms with Crippen molar-refractivity contribution in [3.05, 3.63) is 78.9 Å². The summed E-state index contributed by atoms with van der Waals surface area (Å²) in [5.74, 6) is -3.18. The van der Waals surface area contributed by atoms with Crippen molar-refractivity contribution in [2.24, 2.45) is 0 Å². The zero-order valence-electron chi connectivity index (χ0n) is 19.3. The van der Waals surface area contributed by atoms with Gasteiger partial charge >= 0.3 is 11.9 Å². The quantitative estimate of drug-likeness (QED) is 0.166. The Morgan fingerprint density at radius 3 is 1.88 bits per heavy atom. The third-order valence-electron chi connectivity index (χ3n) is 4.22. The summed E-state index contributed by atoms with van der Waals surface area (Å²) in [5.41, 5.74) is 0.693. The number of hydrogen-bond acceptors (Lipinski definition) is 4. The monoisotopic (exact) mass is 493 g/mol. The van der Waals surface area contributed by atoms with Crippen LogP contribution in [0.4, 0.5) is 8.78 Å². The predicted molar refractivity (Wildman–Crippen MR) is 125 cm³/mol. The van der Waals surface area contributed by atoms with Crippen LogP contribution < -0.4 is 4.74 Å². The van der Waals surface area contributed by atoms with Crippen molar-refractivity contribution >= 4 is 33.5 Å². The van der Waals surface area contributed by atoms with Crippen LogP contribution in [0.5, 0.6) is 5.75 Å². The fourth-order valence-electron chi connectivity index (χ4n) is 2.89. The molecule has 0 atom stereocenters. The fraction of sp³-hybridized carbons (Fsp3) is 0.231. The molecule has 0 saturated carbocycles. The maximum atomic E-state index is 14.7. The Morgan fingerprint density at radius 1 is 0.818 bits per heavy atom. The van der Waals surface area contributed by atoms with E-state index in [1.807, 2.05) is 27.7 Å². The summed E-state index contributed by atoms with van der Waals surface area (Å²) in [6.45, 7) is 14.7. The Bertz CT molecular complexity index is 1130. The van der Waals surface area contributed by atoms with Gasteiger partial charge in [-0.2, -0.15) is 0 Å². The van der Waals surface area contributed by atoms with Crippen molar-refractivity contribution in [2.75, 3.05) is 6.61 Å². The van der Waals surface area contributed by atoms with Gasteiger partial charge in [-0.1, -0.05) is 53.0 Å². The van der Waals surface area contributed by atoms with Gasteiger partial charge in [0.05, 0.1) is 6.61 Å². The van der Waals surface area contributed by atoms with Crippen LogP contribution in [-0.4, -0.2) is 18.5 Å². The maximum Gasteiger partial charge on any atom is 0.335 e. The molecule has 0 spiro atoms. The van der Waals surface area contributed by atoms with Crippen LogP contribution in [0.3, 0.4) is 0 Å². The molecule has 0 fully saturated rings. The number of ether oxygens (including phenoxy) is 2. The summed E-state index contributed by atoms with van der Waals surface area (Å²) >= 11 is 0. The molecule has 0 heterocycles. The first kappa shape index (κ1) is 30.0. The average Bonchev–Trinajstić information content (AvgIpc) is 2.84. The van der Waals surface area contributed by atoms with E-state index in [0.29, 0.717) is 22.8 Å². The number of hydrogen-bond donors (Lipinski definition) is 0. The standard InChI is InChI=1S/C22H16F2O4.2C2H6.V/c1-3-19(25)27-10-9-13-5-7-15-16-8-6-14(28-20(26)4-2)12-18(16)22(24)21(23)17(15)11-13;2*1-2;/h3-8,11-12H,1-2,9-10H2;2*1-2H3;. The van der Waals surface area contributed by atoms with Crippen LogP contribution in [0, 0.1) is 11.6 Å². The summed E-state index contributed by atoms with van der Waals surface area (Å²) in [7, 11) is 0. The van der Waals surface area contributed by atoms with E-state index in [2.05, 4.69) is 13.2 Å². The molecule has 4 nitrogen and oxygen atoms in total. The second-order valence-electron chi connectivity index (χ2n) is 5.96. The molecule has 3 aromatic carbocycles. The Balaban J connectivity index is 0.00000194. The molecular weight excluding hydrogens is 465 g/mol. The van der Waals surface area contributed by atoms with E-state index in [-0.39, 0.29) is 41.7 Å². The van der Waals surface area contributed by atoms with Crippen molar-refractivity contribution < 1.29 is 46.4 Å². The van der Waals surface area contributed by atoms with E-state index >= 15 is 0 Å². The van der Waals surface area contributed by atoms with Crippen LogP contribution in [0.15, 0.2) is 61.7 Å². The molecule has 0 aromatic heterocycles. The molecule has 3 rings (SSSR count). The van der Waals surface area contributed by atoms with E-state index < -0.39 is 23.6 Å². The summed E-state index contributed by atoms with van der Waals surface area (Å²) in [6, 6.07) is 9.31. The van der Waals surface area contributed by atoms with Crippen LogP contribution in [0.25, 0.3) is 21.5 Å². The molecule has 0 bridgehead atoms. The number of halogens is 2. The van der Waals surface area contributed by atoms with E-state index in [1.165, 1.54) is 18.2 Å². The Hall–Kier alpha value is -2.96. The second kappa shape index (κ2) is 15.0. The van der Waals surface area contributed by atoms with Crippen molar-refractivity contribution in [3.8, 4) is 5.75 Å². The zero-order chi connectivity index (χ0) is 24.3. The van der Waals surface area contributed by atoms with Gasteiger partial charge in [-0.05, 0) is 40.6 Å². The third-order valence-corrected chi connectivity index (χ3v) is 4.22. The summed E-state index contributed by atoms with van der Waals surface area (Å²) in [5, 5.41) is 1.12. The van der Waals surface area contributed by atoms with Crippen molar-refractivity contribution in [3.63, 3.8) is 0 Å². The summed E-state index contributed by atoms with van der Waals surface area (Å²) < 4.78 is 39.2. The predicted octanol–water partition coefficient (Wildman–Crippen LogP) is 6.68. The summed E-state index contributed by atoms with van der Waals surface area (Å²) in [4.78, 5) is 22.4. The average molecular weight is 493 g/mol. The van der Waals surface area contributed by atoms with Crippen molar-refractivity contribution in [2.45, 2.75) is 34.1 Å². The van der Waals surface area contributed by atoms with E-state index in [9.17, 15) is 18.4 Å². The van der Waals surface area contributed by atoms with Gasteiger partial charge in [0.15, 0.2) is 11.6 Å². The third kappa shape index (κ3) is 7.55. The molecule has 0 aliphatic rings. The molecule has 33 heavy (non-hydrogen) atoms. The van der Waals surface area contributed by atoms with Gasteiger partial charge in [0.25, 0.3) is 0 Å². The Morgan fingerprint density at radius 2 is 1.33 bits per heavy atom. The first-order chi connectivity index (χ1) is 15.4. The van der Waals surface area contributed by atoms with E-state index in [1.54, 1.807) is 18.2 Å². The Labute approximate surface area is 205 Å². The second-order valence-corrected chi connectivity index (χ2v) is 5.96. The number of fused-ring (bicyclic) bond motifs is 3. The molecule has 0 unspecified atom stereocenters. The van der Waals surface area contributed by atoms with Crippen molar-refractivity contribution in [1.29, 1.82) is 0 Å². The molecule has 0 N–H and O–H groups in total. The molecule has 1 radical (unpaired) electrons. The van der Waals surface area contributed by atoms with E-state index in [4.69, 9.17) is 9.47 Å². The molecule has 175 valence electrons. The van der Waals surface area contributed by atoms with Crippen LogP contribution in [0.1, 0.15) is 33.3 Å². The minimum absolute atomic E-state index is 0. The van der Waals surface area contributed by atoms with Crippen LogP contribution >= 0.6 is 0 Å². The number of rotatable bonds is 6. The minimum atomic E-state index is -1.03. The smallest absolute Gasteiger partial charge is 0.335 e. The number of carbonyl (C=O) groups excluding carboxylic acids is 2. The first-order valence-electron chi connectivity index (χ1n) is 10.4. The number of benzene rings is 3. The molecule has 0 aliphatic carbocycles. The van der Waals surface area contributed by atoms with Crippen LogP contribution in [-0.2, 0) is 39.3 Å². The number of esters is 2. The van der Waals surface area contributed by atoms with Crippen LogP contribution in [0.2, 0.25) is 0 Å². The molecule has 0 saturated heterocycles. The normalized spacial score (nSPS) is 9.39. The van der Waals surface area contributed by atoms with Gasteiger partial charge in [0.2, 0.25) is 0 Å². The van der Waals surface area contributed by atoms with Gasteiger partial charge in [-0.3, -0.25) is 0 Å². The SMILES string of the molecule is C=CC(=O)OCCc1ccc2c(c1)c(F)c(F)c1cc(OC(=O)C=C)ccc12.CC.CC.[V]. The number of carbonyl (C=O) groups is 2. The Kier molecular flexibility index (Phi) is 13.6. The topological polar surface area (TPSA) is 52.6 Å². The molecule has 0 amide bonds. The van der Waals surface area contributed by atoms with Gasteiger partial charge in [0.1, 0.15) is 5.75 Å². The van der Waals surface area contributed by atoms with Gasteiger partial charge in [0, 0.05) is 47.9 Å². The molecule has 7 heteroatoms. The fourth-order valence-corrected chi connectivity index (χ4v) is 2.89. The molecule has 3 aromatic rings. The minimum Gasteiger partial charge on any atom is -0.462 e. The largest absolute Gasteiger partial charge is 0.462 e. The maximum absolute atomic E-state index is 14.7. The van der Waals surface area contributed by atoms with Crippen molar-refractivity contribution in [1.82, 2.24) is 0 Å².